The summed E-state index contributed by atoms with van der Waals surface area (Å²) in [5.41, 5.74) is 6.50. The Hall–Kier alpha value is -0.0800. The number of nitrogens with zero attached hydrogens (tertiary/aromatic N) is 1. The van der Waals surface area contributed by atoms with E-state index in [1.54, 1.807) is 0 Å². The van der Waals surface area contributed by atoms with Gasteiger partial charge in [-0.05, 0) is 43.6 Å². The summed E-state index contributed by atoms with van der Waals surface area (Å²) in [6, 6.07) is 0.507. The Kier molecular flexibility index (Phi) is 2.85. The molecule has 0 spiro atoms. The van der Waals surface area contributed by atoms with Crippen molar-refractivity contribution in [2.45, 2.75) is 45.6 Å². The Morgan fingerprint density at radius 2 is 2.00 bits per heavy atom. The highest BCUT2D eigenvalue weighted by molar-refractivity contribution is 4.88. The lowest BCUT2D eigenvalue weighted by atomic mass is 9.84. The minimum Gasteiger partial charge on any atom is -0.328 e. The Morgan fingerprint density at radius 1 is 1.29 bits per heavy atom. The minimum absolute atomic E-state index is 0.507. The lowest BCUT2D eigenvalue weighted by molar-refractivity contribution is 0.0269. The van der Waals surface area contributed by atoms with Gasteiger partial charge in [0.25, 0.3) is 0 Å². The second kappa shape index (κ2) is 3.82. The van der Waals surface area contributed by atoms with E-state index >= 15 is 0 Å². The van der Waals surface area contributed by atoms with Crippen LogP contribution in [0.2, 0.25) is 0 Å². The molecular weight excluding hydrogens is 172 g/mol. The van der Waals surface area contributed by atoms with Gasteiger partial charge in [0, 0.05) is 19.1 Å². The molecule has 14 heavy (non-hydrogen) atoms. The van der Waals surface area contributed by atoms with Gasteiger partial charge in [0.1, 0.15) is 0 Å². The average Bonchev–Trinajstić information content (AvgIpc) is 2.44. The molecule has 2 unspecified atom stereocenters. The largest absolute Gasteiger partial charge is 0.328 e. The van der Waals surface area contributed by atoms with Gasteiger partial charge in [-0.3, -0.25) is 0 Å². The third-order valence-electron chi connectivity index (χ3n) is 3.74. The molecule has 2 rings (SSSR count). The van der Waals surface area contributed by atoms with Gasteiger partial charge in [0.15, 0.2) is 0 Å². The molecule has 1 saturated carbocycles. The molecule has 1 aliphatic carbocycles. The molecule has 0 radical (unpaired) electrons. The topological polar surface area (TPSA) is 29.3 Å². The molecule has 0 aromatic rings. The van der Waals surface area contributed by atoms with E-state index in [4.69, 9.17) is 5.73 Å². The maximum atomic E-state index is 5.91. The zero-order valence-electron chi connectivity index (χ0n) is 9.63. The van der Waals surface area contributed by atoms with Gasteiger partial charge in [-0.1, -0.05) is 13.8 Å². The summed E-state index contributed by atoms with van der Waals surface area (Å²) in [6.07, 6.45) is 5.29. The summed E-state index contributed by atoms with van der Waals surface area (Å²) >= 11 is 0. The summed E-state index contributed by atoms with van der Waals surface area (Å²) in [5.74, 6) is 0.925. The Bertz CT molecular complexity index is 192. The number of rotatable bonds is 3. The van der Waals surface area contributed by atoms with Crippen LogP contribution in [-0.2, 0) is 0 Å². The number of hydrogen-bond acceptors (Lipinski definition) is 2. The summed E-state index contributed by atoms with van der Waals surface area (Å²) in [5, 5.41) is 0. The predicted molar refractivity (Wildman–Crippen MR) is 60.2 cm³/mol. The summed E-state index contributed by atoms with van der Waals surface area (Å²) < 4.78 is 0. The SMILES string of the molecule is CC1(C)CN(CCC2CCC(N)C2)C1. The fourth-order valence-electron chi connectivity index (χ4n) is 3.06. The molecule has 0 amide bonds. The van der Waals surface area contributed by atoms with E-state index in [2.05, 4.69) is 18.7 Å². The van der Waals surface area contributed by atoms with Crippen molar-refractivity contribution in [3.05, 3.63) is 0 Å². The van der Waals surface area contributed by atoms with Crippen LogP contribution in [0.3, 0.4) is 0 Å². The molecule has 2 N–H and O–H groups in total. The van der Waals surface area contributed by atoms with Crippen LogP contribution >= 0.6 is 0 Å². The molecule has 2 fully saturated rings. The third-order valence-corrected chi connectivity index (χ3v) is 3.74. The number of nitrogens with two attached hydrogens (primary N) is 1. The van der Waals surface area contributed by atoms with Crippen LogP contribution in [-0.4, -0.2) is 30.6 Å². The van der Waals surface area contributed by atoms with E-state index < -0.39 is 0 Å². The molecular formula is C12H24N2. The standard InChI is InChI=1S/C12H24N2/c1-12(2)8-14(9-12)6-5-10-3-4-11(13)7-10/h10-11H,3-9,13H2,1-2H3. The van der Waals surface area contributed by atoms with Gasteiger partial charge in [-0.15, -0.1) is 0 Å². The molecule has 1 saturated heterocycles. The van der Waals surface area contributed by atoms with Gasteiger partial charge >= 0.3 is 0 Å². The maximum absolute atomic E-state index is 5.91. The van der Waals surface area contributed by atoms with Gasteiger partial charge < -0.3 is 10.6 Å². The Balaban J connectivity index is 1.60. The van der Waals surface area contributed by atoms with Crippen LogP contribution in [0, 0.1) is 11.3 Å². The molecule has 82 valence electrons. The smallest absolute Gasteiger partial charge is 0.00452 e. The second-order valence-electron chi connectivity index (χ2n) is 6.10. The normalized spacial score (nSPS) is 37.1. The molecule has 2 atom stereocenters. The van der Waals surface area contributed by atoms with Crippen molar-refractivity contribution in [3.63, 3.8) is 0 Å². The van der Waals surface area contributed by atoms with E-state index in [1.807, 2.05) is 0 Å². The minimum atomic E-state index is 0.507. The summed E-state index contributed by atoms with van der Waals surface area (Å²) in [4.78, 5) is 2.59. The van der Waals surface area contributed by atoms with Crippen LogP contribution in [0.5, 0.6) is 0 Å². The summed E-state index contributed by atoms with van der Waals surface area (Å²) in [6.45, 7) is 8.61. The molecule has 2 nitrogen and oxygen atoms in total. The van der Waals surface area contributed by atoms with Gasteiger partial charge in [-0.25, -0.2) is 0 Å². The highest BCUT2D eigenvalue weighted by atomic mass is 15.2. The average molecular weight is 196 g/mol. The molecule has 0 bridgehead atoms. The molecule has 1 heterocycles. The van der Waals surface area contributed by atoms with Gasteiger partial charge in [0.05, 0.1) is 0 Å². The van der Waals surface area contributed by atoms with Gasteiger partial charge in [0.2, 0.25) is 0 Å². The molecule has 2 aliphatic rings. The van der Waals surface area contributed by atoms with Crippen LogP contribution in [0.1, 0.15) is 39.5 Å². The predicted octanol–water partition coefficient (Wildman–Crippen LogP) is 1.85. The van der Waals surface area contributed by atoms with Crippen molar-refractivity contribution in [1.29, 1.82) is 0 Å². The quantitative estimate of drug-likeness (QED) is 0.746. The molecule has 0 aromatic carbocycles. The van der Waals surface area contributed by atoms with Crippen molar-refractivity contribution in [1.82, 2.24) is 4.90 Å². The second-order valence-corrected chi connectivity index (χ2v) is 6.10. The first-order chi connectivity index (χ1) is 6.55. The van der Waals surface area contributed by atoms with E-state index in [1.165, 1.54) is 45.3 Å². The van der Waals surface area contributed by atoms with E-state index in [0.29, 0.717) is 11.5 Å². The van der Waals surface area contributed by atoms with Crippen LogP contribution < -0.4 is 5.73 Å². The highest BCUT2D eigenvalue weighted by Crippen LogP contribution is 2.31. The van der Waals surface area contributed by atoms with Crippen LogP contribution in [0.4, 0.5) is 0 Å². The van der Waals surface area contributed by atoms with Crippen molar-refractivity contribution in [2.75, 3.05) is 19.6 Å². The van der Waals surface area contributed by atoms with Crippen LogP contribution in [0.25, 0.3) is 0 Å². The fraction of sp³-hybridized carbons (Fsp3) is 1.00. The Labute approximate surface area is 87.8 Å². The van der Waals surface area contributed by atoms with E-state index in [9.17, 15) is 0 Å². The fourth-order valence-corrected chi connectivity index (χ4v) is 3.06. The van der Waals surface area contributed by atoms with Gasteiger partial charge in [-0.2, -0.15) is 0 Å². The maximum Gasteiger partial charge on any atom is 0.00452 e. The zero-order chi connectivity index (χ0) is 10.2. The first kappa shape index (κ1) is 10.4. The first-order valence-corrected chi connectivity index (χ1v) is 6.03. The lowest BCUT2D eigenvalue weighted by Crippen LogP contribution is -2.53. The van der Waals surface area contributed by atoms with Crippen molar-refractivity contribution < 1.29 is 0 Å². The van der Waals surface area contributed by atoms with Crippen LogP contribution in [0.15, 0.2) is 0 Å². The summed E-state index contributed by atoms with van der Waals surface area (Å²) in [7, 11) is 0. The molecule has 0 aromatic heterocycles. The van der Waals surface area contributed by atoms with Crippen molar-refractivity contribution in [2.24, 2.45) is 17.1 Å². The molecule has 2 heteroatoms. The van der Waals surface area contributed by atoms with Crippen molar-refractivity contribution >= 4 is 0 Å². The highest BCUT2D eigenvalue weighted by Gasteiger charge is 2.34. The van der Waals surface area contributed by atoms with E-state index in [-0.39, 0.29) is 0 Å². The van der Waals surface area contributed by atoms with E-state index in [0.717, 1.165) is 5.92 Å². The van der Waals surface area contributed by atoms with Crippen molar-refractivity contribution in [3.8, 4) is 0 Å². The zero-order valence-corrected chi connectivity index (χ0v) is 9.63. The third kappa shape index (κ3) is 2.48. The molecule has 1 aliphatic heterocycles. The number of hydrogen-bond donors (Lipinski definition) is 1. The Morgan fingerprint density at radius 3 is 2.50 bits per heavy atom. The first-order valence-electron chi connectivity index (χ1n) is 6.03. The number of likely N-dealkylation sites (tertiary alicyclic amines) is 1. The monoisotopic (exact) mass is 196 g/mol. The lowest BCUT2D eigenvalue weighted by Gasteiger charge is -2.46.